The van der Waals surface area contributed by atoms with Crippen LogP contribution < -0.4 is 14.4 Å². The quantitative estimate of drug-likeness (QED) is 0.522. The number of sulfonamides is 1. The standard InChI is InChI=1S/C18H22N2O4S2/c1-20(26(2,22)23)15-8-10-16(11-9-15)24-14-18(21)19-12-13-25-17-6-4-3-5-7-17/h3-11H,12-14H2,1-2H3,(H,19,21). The Bertz CT molecular complexity index is 809. The van der Waals surface area contributed by atoms with Gasteiger partial charge in [0.15, 0.2) is 6.61 Å². The number of hydrogen-bond donors (Lipinski definition) is 1. The summed E-state index contributed by atoms with van der Waals surface area (Å²) in [6, 6.07) is 16.5. The molecule has 0 atom stereocenters. The summed E-state index contributed by atoms with van der Waals surface area (Å²) in [5.74, 6) is 1.09. The SMILES string of the molecule is CN(c1ccc(OCC(=O)NCCSc2ccccc2)cc1)S(C)(=O)=O. The van der Waals surface area contributed by atoms with E-state index in [-0.39, 0.29) is 12.5 Å². The van der Waals surface area contributed by atoms with Crippen LogP contribution in [0.2, 0.25) is 0 Å². The zero-order valence-electron chi connectivity index (χ0n) is 14.7. The summed E-state index contributed by atoms with van der Waals surface area (Å²) in [5, 5.41) is 2.80. The van der Waals surface area contributed by atoms with Gasteiger partial charge in [-0.1, -0.05) is 18.2 Å². The fraction of sp³-hybridized carbons (Fsp3) is 0.278. The minimum Gasteiger partial charge on any atom is -0.484 e. The molecule has 0 radical (unpaired) electrons. The fourth-order valence-corrected chi connectivity index (χ4v) is 3.31. The lowest BCUT2D eigenvalue weighted by Gasteiger charge is -2.16. The molecule has 1 N–H and O–H groups in total. The molecule has 140 valence electrons. The van der Waals surface area contributed by atoms with Gasteiger partial charge in [-0.25, -0.2) is 8.42 Å². The lowest BCUT2D eigenvalue weighted by atomic mass is 10.3. The van der Waals surface area contributed by atoms with Gasteiger partial charge in [0.05, 0.1) is 11.9 Å². The molecule has 0 bridgehead atoms. The number of anilines is 1. The molecule has 6 nitrogen and oxygen atoms in total. The number of hydrogen-bond acceptors (Lipinski definition) is 5. The molecule has 0 aliphatic rings. The van der Waals surface area contributed by atoms with Gasteiger partial charge >= 0.3 is 0 Å². The van der Waals surface area contributed by atoms with E-state index in [1.807, 2.05) is 30.3 Å². The fourth-order valence-electron chi connectivity index (χ4n) is 2.02. The average molecular weight is 395 g/mol. The highest BCUT2D eigenvalue weighted by Gasteiger charge is 2.11. The molecular weight excluding hydrogens is 372 g/mol. The van der Waals surface area contributed by atoms with Gasteiger partial charge in [-0.15, -0.1) is 11.8 Å². The van der Waals surface area contributed by atoms with Crippen LogP contribution in [0, 0.1) is 0 Å². The van der Waals surface area contributed by atoms with Gasteiger partial charge in [0.2, 0.25) is 10.0 Å². The van der Waals surface area contributed by atoms with Crippen LogP contribution in [0.15, 0.2) is 59.5 Å². The molecule has 26 heavy (non-hydrogen) atoms. The number of carbonyl (C=O) groups excluding carboxylic acids is 1. The average Bonchev–Trinajstić information content (AvgIpc) is 2.63. The van der Waals surface area contributed by atoms with Crippen LogP contribution in [-0.4, -0.2) is 46.5 Å². The monoisotopic (exact) mass is 394 g/mol. The minimum atomic E-state index is -3.30. The van der Waals surface area contributed by atoms with Crippen LogP contribution in [0.5, 0.6) is 5.75 Å². The lowest BCUT2D eigenvalue weighted by molar-refractivity contribution is -0.122. The largest absolute Gasteiger partial charge is 0.484 e. The molecule has 2 aromatic carbocycles. The number of thioether (sulfide) groups is 1. The maximum absolute atomic E-state index is 11.8. The van der Waals surface area contributed by atoms with Crippen molar-refractivity contribution in [3.05, 3.63) is 54.6 Å². The molecule has 1 amide bonds. The lowest BCUT2D eigenvalue weighted by Crippen LogP contribution is -2.30. The highest BCUT2D eigenvalue weighted by atomic mass is 32.2. The van der Waals surface area contributed by atoms with Gasteiger partial charge < -0.3 is 10.1 Å². The summed E-state index contributed by atoms with van der Waals surface area (Å²) >= 11 is 1.67. The maximum Gasteiger partial charge on any atom is 0.257 e. The Morgan fingerprint density at radius 3 is 2.38 bits per heavy atom. The number of rotatable bonds is 9. The molecule has 0 saturated heterocycles. The van der Waals surface area contributed by atoms with E-state index in [1.165, 1.54) is 11.4 Å². The highest BCUT2D eigenvalue weighted by molar-refractivity contribution is 7.99. The summed E-state index contributed by atoms with van der Waals surface area (Å²) in [5.41, 5.74) is 0.530. The van der Waals surface area contributed by atoms with Gasteiger partial charge in [0.25, 0.3) is 5.91 Å². The van der Waals surface area contributed by atoms with E-state index in [4.69, 9.17) is 4.74 Å². The Morgan fingerprint density at radius 2 is 1.77 bits per heavy atom. The van der Waals surface area contributed by atoms with Gasteiger partial charge in [0, 0.05) is 24.2 Å². The Balaban J connectivity index is 1.70. The Hall–Kier alpha value is -2.19. The Morgan fingerprint density at radius 1 is 1.12 bits per heavy atom. The summed E-state index contributed by atoms with van der Waals surface area (Å²) in [4.78, 5) is 13.0. The molecule has 0 aliphatic heterocycles. The first-order chi connectivity index (χ1) is 12.4. The van der Waals surface area contributed by atoms with Crippen LogP contribution >= 0.6 is 11.8 Å². The van der Waals surface area contributed by atoms with E-state index in [0.717, 1.165) is 16.9 Å². The van der Waals surface area contributed by atoms with Gasteiger partial charge in [-0.2, -0.15) is 0 Å². The maximum atomic E-state index is 11.8. The molecule has 0 saturated carbocycles. The second-order valence-corrected chi connectivity index (χ2v) is 8.71. The van der Waals surface area contributed by atoms with Crippen LogP contribution in [-0.2, 0) is 14.8 Å². The number of ether oxygens (including phenoxy) is 1. The zero-order valence-corrected chi connectivity index (χ0v) is 16.3. The van der Waals surface area contributed by atoms with Crippen molar-refractivity contribution < 1.29 is 17.9 Å². The third-order valence-electron chi connectivity index (χ3n) is 3.50. The van der Waals surface area contributed by atoms with E-state index in [2.05, 4.69) is 5.32 Å². The van der Waals surface area contributed by atoms with Gasteiger partial charge in [-0.3, -0.25) is 9.10 Å². The molecule has 0 fully saturated rings. The molecule has 0 spiro atoms. The Kier molecular flexibility index (Phi) is 7.35. The first-order valence-corrected chi connectivity index (χ1v) is 10.8. The van der Waals surface area contributed by atoms with Crippen molar-refractivity contribution in [1.82, 2.24) is 5.32 Å². The second-order valence-electron chi connectivity index (χ2n) is 5.52. The second kappa shape index (κ2) is 9.49. The summed E-state index contributed by atoms with van der Waals surface area (Å²) in [7, 11) is -1.82. The van der Waals surface area contributed by atoms with Crippen molar-refractivity contribution in [3.8, 4) is 5.75 Å². The number of benzene rings is 2. The van der Waals surface area contributed by atoms with E-state index < -0.39 is 10.0 Å². The molecular formula is C18H22N2O4S2. The molecule has 0 unspecified atom stereocenters. The van der Waals surface area contributed by atoms with E-state index in [0.29, 0.717) is 18.0 Å². The smallest absolute Gasteiger partial charge is 0.257 e. The molecule has 8 heteroatoms. The van der Waals surface area contributed by atoms with Crippen LogP contribution in [0.1, 0.15) is 0 Å². The van der Waals surface area contributed by atoms with Crippen molar-refractivity contribution >= 4 is 33.4 Å². The molecule has 2 rings (SSSR count). The predicted octanol–water partition coefficient (Wildman–Crippen LogP) is 2.37. The van der Waals surface area contributed by atoms with E-state index in [1.54, 1.807) is 36.0 Å². The third kappa shape index (κ3) is 6.61. The molecule has 0 heterocycles. The number of amides is 1. The van der Waals surface area contributed by atoms with Crippen molar-refractivity contribution in [2.45, 2.75) is 4.90 Å². The summed E-state index contributed by atoms with van der Waals surface area (Å²) < 4.78 is 29.6. The van der Waals surface area contributed by atoms with Crippen LogP contribution in [0.25, 0.3) is 0 Å². The normalized spacial score (nSPS) is 11.0. The Labute approximate surface area is 158 Å². The number of nitrogens with one attached hydrogen (secondary N) is 1. The first kappa shape index (κ1) is 20.1. The van der Waals surface area contributed by atoms with Crippen molar-refractivity contribution in [1.29, 1.82) is 0 Å². The van der Waals surface area contributed by atoms with Crippen molar-refractivity contribution in [3.63, 3.8) is 0 Å². The summed E-state index contributed by atoms with van der Waals surface area (Å²) in [6.07, 6.45) is 1.14. The summed E-state index contributed by atoms with van der Waals surface area (Å²) in [6.45, 7) is 0.469. The number of nitrogens with zero attached hydrogens (tertiary/aromatic N) is 1. The minimum absolute atomic E-state index is 0.0860. The van der Waals surface area contributed by atoms with Crippen LogP contribution in [0.3, 0.4) is 0 Å². The topological polar surface area (TPSA) is 75.7 Å². The van der Waals surface area contributed by atoms with Crippen molar-refractivity contribution in [2.75, 3.05) is 36.5 Å². The molecule has 0 aromatic heterocycles. The molecule has 2 aromatic rings. The van der Waals surface area contributed by atoms with Crippen molar-refractivity contribution in [2.24, 2.45) is 0 Å². The first-order valence-electron chi connectivity index (χ1n) is 7.97. The van der Waals surface area contributed by atoms with Gasteiger partial charge in [-0.05, 0) is 36.4 Å². The third-order valence-corrected chi connectivity index (χ3v) is 5.72. The predicted molar refractivity (Wildman–Crippen MR) is 105 cm³/mol. The van der Waals surface area contributed by atoms with Crippen LogP contribution in [0.4, 0.5) is 5.69 Å². The van der Waals surface area contributed by atoms with E-state index >= 15 is 0 Å². The van der Waals surface area contributed by atoms with Gasteiger partial charge in [0.1, 0.15) is 5.75 Å². The van der Waals surface area contributed by atoms with E-state index in [9.17, 15) is 13.2 Å². The zero-order chi connectivity index (χ0) is 19.0. The highest BCUT2D eigenvalue weighted by Crippen LogP contribution is 2.20. The molecule has 0 aliphatic carbocycles. The number of carbonyl (C=O) groups is 1.